The van der Waals surface area contributed by atoms with Crippen molar-refractivity contribution >= 4 is 40.8 Å². The van der Waals surface area contributed by atoms with Gasteiger partial charge in [-0.3, -0.25) is 19.2 Å². The van der Waals surface area contributed by atoms with Crippen LogP contribution < -0.4 is 32.3 Å². The van der Waals surface area contributed by atoms with Gasteiger partial charge >= 0.3 is 0 Å². The Morgan fingerprint density at radius 1 is 0.810 bits per heavy atom. The zero-order valence-electron chi connectivity index (χ0n) is 24.5. The van der Waals surface area contributed by atoms with Crippen molar-refractivity contribution in [3.8, 4) is 5.75 Å². The van der Waals surface area contributed by atoms with Gasteiger partial charge in [0.15, 0.2) is 0 Å². The molecule has 0 radical (unpaired) electrons. The number of carbonyl (C=O) groups excluding carboxylic acids is 4. The Balaban J connectivity index is 1.96. The smallest absolute Gasteiger partial charge is 0.243 e. The number of nitrogens with two attached hydrogens (primary N) is 1. The van der Waals surface area contributed by atoms with Crippen LogP contribution in [0, 0.1) is 5.92 Å². The summed E-state index contributed by atoms with van der Waals surface area (Å²) in [4.78, 5) is 51.7. The number of amides is 4. The molecule has 4 amide bonds. The molecule has 0 saturated carbocycles. The number of phenols is 1. The molecule has 4 atom stereocenters. The molecule has 0 heterocycles. The first kappa shape index (κ1) is 34.2. The van der Waals surface area contributed by atoms with Crippen LogP contribution in [0.1, 0.15) is 38.3 Å². The lowest BCUT2D eigenvalue weighted by Gasteiger charge is -2.25. The van der Waals surface area contributed by atoms with Crippen LogP contribution in [0.15, 0.2) is 54.6 Å². The molecule has 0 bridgehead atoms. The molecule has 4 unspecified atom stereocenters. The van der Waals surface area contributed by atoms with E-state index < -0.39 is 54.3 Å². The Kier molecular flexibility index (Phi) is 13.9. The molecule has 0 fully saturated rings. The van der Waals surface area contributed by atoms with Gasteiger partial charge in [-0.1, -0.05) is 68.5 Å². The van der Waals surface area contributed by atoms with Crippen LogP contribution in [-0.2, 0) is 32.0 Å². The summed E-state index contributed by atoms with van der Waals surface area (Å²) in [5.74, 6) is -1.72. The maximum Gasteiger partial charge on any atom is 0.243 e. The minimum absolute atomic E-state index is 0.103. The molecule has 2 aromatic rings. The van der Waals surface area contributed by atoms with E-state index in [0.29, 0.717) is 11.4 Å². The predicted molar refractivity (Wildman–Crippen MR) is 166 cm³/mol. The van der Waals surface area contributed by atoms with E-state index in [4.69, 9.17) is 18.0 Å². The van der Waals surface area contributed by atoms with Crippen LogP contribution in [0.25, 0.3) is 0 Å². The third-order valence-electron chi connectivity index (χ3n) is 6.42. The first-order valence-corrected chi connectivity index (χ1v) is 14.3. The molecule has 2 aromatic carbocycles. The first-order chi connectivity index (χ1) is 19.9. The minimum Gasteiger partial charge on any atom is -0.508 e. The Morgan fingerprint density at radius 3 is 2.02 bits per heavy atom. The topological polar surface area (TPSA) is 175 Å². The molecule has 11 nitrogen and oxygen atoms in total. The molecule has 0 aliphatic heterocycles. The van der Waals surface area contributed by atoms with Gasteiger partial charge < -0.3 is 37.4 Å². The number of rotatable bonds is 15. The summed E-state index contributed by atoms with van der Waals surface area (Å²) < 4.78 is 0. The quantitative estimate of drug-likeness (QED) is 0.147. The Hall–Kier alpha value is -4.03. The van der Waals surface area contributed by atoms with Gasteiger partial charge in [0.2, 0.25) is 23.6 Å². The lowest BCUT2D eigenvalue weighted by atomic mass is 10.0. The molecule has 0 saturated heterocycles. The average molecular weight is 599 g/mol. The average Bonchev–Trinajstić information content (AvgIpc) is 2.96. The van der Waals surface area contributed by atoms with E-state index in [1.807, 2.05) is 44.2 Å². The van der Waals surface area contributed by atoms with Crippen molar-refractivity contribution in [2.75, 3.05) is 13.6 Å². The van der Waals surface area contributed by atoms with Gasteiger partial charge in [0.1, 0.15) is 17.8 Å². The summed E-state index contributed by atoms with van der Waals surface area (Å²) in [5, 5.41) is 23.0. The highest BCUT2D eigenvalue weighted by atomic mass is 32.1. The highest BCUT2D eigenvalue weighted by molar-refractivity contribution is 7.80. The molecular formula is C30H42N6O5S. The second-order valence-electron chi connectivity index (χ2n) is 10.5. The zero-order chi connectivity index (χ0) is 31.2. The molecule has 2 rings (SSSR count). The minimum atomic E-state index is -0.959. The highest BCUT2D eigenvalue weighted by Crippen LogP contribution is 2.11. The van der Waals surface area contributed by atoms with Crippen LogP contribution in [0.3, 0.4) is 0 Å². The number of hydrogen-bond donors (Lipinski definition) is 7. The maximum atomic E-state index is 13.3. The van der Waals surface area contributed by atoms with Crippen molar-refractivity contribution in [1.29, 1.82) is 0 Å². The highest BCUT2D eigenvalue weighted by Gasteiger charge is 2.26. The van der Waals surface area contributed by atoms with Crippen molar-refractivity contribution in [2.45, 2.75) is 64.2 Å². The van der Waals surface area contributed by atoms with E-state index in [9.17, 15) is 24.3 Å². The van der Waals surface area contributed by atoms with E-state index >= 15 is 0 Å². The number of likely N-dealkylation sites (N-methyl/N-ethyl adjacent to an activating group) is 1. The Labute approximate surface area is 252 Å². The normalized spacial score (nSPS) is 13.7. The largest absolute Gasteiger partial charge is 0.508 e. The Morgan fingerprint density at radius 2 is 1.43 bits per heavy atom. The molecule has 0 aliphatic rings. The van der Waals surface area contributed by atoms with Crippen LogP contribution >= 0.6 is 12.2 Å². The second-order valence-corrected chi connectivity index (χ2v) is 11.0. The van der Waals surface area contributed by atoms with E-state index in [0.717, 1.165) is 11.1 Å². The van der Waals surface area contributed by atoms with Gasteiger partial charge in [0.25, 0.3) is 0 Å². The van der Waals surface area contributed by atoms with Gasteiger partial charge in [-0.05, 0) is 48.9 Å². The number of aromatic hydroxyl groups is 1. The standard InChI is InChI=1S/C30H42N6O5S/c1-18(2)14-25(30(42)32-4)36-29(41)24(16-20-8-6-5-7-9-20)35-26(38)17-33-27(39)19(3)34-28(40)23(31)15-21-10-12-22(37)13-11-21/h5-13,18-19,23-25,37H,14-17,31H2,1-4H3,(H,32,42)(H,33,39)(H,34,40)(H,35,38)(H,36,41). The predicted octanol–water partition coefficient (Wildman–Crippen LogP) is 0.688. The molecular weight excluding hydrogens is 556 g/mol. The van der Waals surface area contributed by atoms with Crippen LogP contribution in [-0.4, -0.2) is 71.5 Å². The summed E-state index contributed by atoms with van der Waals surface area (Å²) in [6.07, 6.45) is 1.07. The number of nitrogens with one attached hydrogen (secondary N) is 5. The van der Waals surface area contributed by atoms with Crippen molar-refractivity contribution in [2.24, 2.45) is 11.7 Å². The van der Waals surface area contributed by atoms with Gasteiger partial charge in [0.05, 0.1) is 23.6 Å². The van der Waals surface area contributed by atoms with E-state index in [1.54, 1.807) is 19.2 Å². The summed E-state index contributed by atoms with van der Waals surface area (Å²) in [6, 6.07) is 12.4. The number of phenolic OH excluding ortho intramolecular Hbond substituents is 1. The SMILES string of the molecule is CNC(=S)C(CC(C)C)NC(=O)C(Cc1ccccc1)NC(=O)CNC(=O)C(C)NC(=O)C(N)Cc1ccc(O)cc1. The lowest BCUT2D eigenvalue weighted by Crippen LogP contribution is -2.56. The number of thiocarbonyl (C=S) groups is 1. The van der Waals surface area contributed by atoms with Gasteiger partial charge in [-0.15, -0.1) is 0 Å². The molecule has 12 heteroatoms. The number of benzene rings is 2. The van der Waals surface area contributed by atoms with Gasteiger partial charge in [-0.25, -0.2) is 0 Å². The van der Waals surface area contributed by atoms with Crippen molar-refractivity contribution in [1.82, 2.24) is 26.6 Å². The zero-order valence-corrected chi connectivity index (χ0v) is 25.3. The van der Waals surface area contributed by atoms with Crippen molar-refractivity contribution in [3.63, 3.8) is 0 Å². The number of hydrogen-bond acceptors (Lipinski definition) is 7. The van der Waals surface area contributed by atoms with E-state index in [2.05, 4.69) is 26.6 Å². The monoisotopic (exact) mass is 598 g/mol. The summed E-state index contributed by atoms with van der Waals surface area (Å²) in [7, 11) is 1.69. The van der Waals surface area contributed by atoms with Crippen LogP contribution in [0.4, 0.5) is 0 Å². The fraction of sp³-hybridized carbons (Fsp3) is 0.433. The maximum absolute atomic E-state index is 13.3. The van der Waals surface area contributed by atoms with Crippen LogP contribution in [0.5, 0.6) is 5.75 Å². The van der Waals surface area contributed by atoms with Gasteiger partial charge in [0, 0.05) is 13.5 Å². The summed E-state index contributed by atoms with van der Waals surface area (Å²) in [5.41, 5.74) is 7.57. The van der Waals surface area contributed by atoms with E-state index in [1.165, 1.54) is 19.1 Å². The molecule has 228 valence electrons. The van der Waals surface area contributed by atoms with E-state index in [-0.39, 0.29) is 24.5 Å². The summed E-state index contributed by atoms with van der Waals surface area (Å²) >= 11 is 5.39. The van der Waals surface area contributed by atoms with Crippen LogP contribution in [0.2, 0.25) is 0 Å². The third kappa shape index (κ3) is 11.8. The lowest BCUT2D eigenvalue weighted by molar-refractivity contribution is -0.131. The second kappa shape index (κ2) is 17.0. The third-order valence-corrected chi connectivity index (χ3v) is 6.91. The first-order valence-electron chi connectivity index (χ1n) is 13.9. The van der Waals surface area contributed by atoms with Crippen molar-refractivity contribution in [3.05, 3.63) is 65.7 Å². The fourth-order valence-corrected chi connectivity index (χ4v) is 4.29. The fourth-order valence-electron chi connectivity index (χ4n) is 4.14. The number of carbonyl (C=O) groups is 4. The molecule has 0 aromatic heterocycles. The molecule has 0 spiro atoms. The Bertz CT molecular complexity index is 1210. The molecule has 8 N–H and O–H groups in total. The summed E-state index contributed by atoms with van der Waals surface area (Å²) in [6.45, 7) is 5.12. The van der Waals surface area contributed by atoms with Crippen molar-refractivity contribution < 1.29 is 24.3 Å². The molecule has 42 heavy (non-hydrogen) atoms. The molecule has 0 aliphatic carbocycles. The van der Waals surface area contributed by atoms with Gasteiger partial charge in [-0.2, -0.15) is 0 Å².